The fourth-order valence-corrected chi connectivity index (χ4v) is 2.98. The third kappa shape index (κ3) is 6.49. The molecule has 2 unspecified atom stereocenters. The zero-order valence-electron chi connectivity index (χ0n) is 15.2. The van der Waals surface area contributed by atoms with E-state index in [9.17, 15) is 18.3 Å². The van der Waals surface area contributed by atoms with Crippen molar-refractivity contribution in [3.8, 4) is 0 Å². The number of alkyl halides is 3. The number of aliphatic hydroxyl groups is 1. The molecule has 5 nitrogen and oxygen atoms in total. The summed E-state index contributed by atoms with van der Waals surface area (Å²) in [6.07, 6.45) is -3.56. The van der Waals surface area contributed by atoms with Crippen molar-refractivity contribution < 1.29 is 18.3 Å². The third-order valence-electron chi connectivity index (χ3n) is 4.30. The Kier molecular flexibility index (Phi) is 6.88. The van der Waals surface area contributed by atoms with E-state index in [1.54, 1.807) is 6.92 Å². The summed E-state index contributed by atoms with van der Waals surface area (Å²) in [5.74, 6) is 0.502. The number of likely N-dealkylation sites (tertiary alicyclic amines) is 1. The van der Waals surface area contributed by atoms with Gasteiger partial charge in [-0.1, -0.05) is 30.3 Å². The van der Waals surface area contributed by atoms with Gasteiger partial charge < -0.3 is 15.7 Å². The molecule has 1 saturated heterocycles. The summed E-state index contributed by atoms with van der Waals surface area (Å²) in [6.45, 7) is 4.20. The Bertz CT molecular complexity index is 590. The first-order valence-corrected chi connectivity index (χ1v) is 8.81. The van der Waals surface area contributed by atoms with E-state index in [0.717, 1.165) is 5.56 Å². The topological polar surface area (TPSA) is 59.9 Å². The van der Waals surface area contributed by atoms with Gasteiger partial charge in [0.25, 0.3) is 0 Å². The molecule has 1 fully saturated rings. The molecule has 0 spiro atoms. The van der Waals surface area contributed by atoms with Crippen molar-refractivity contribution in [2.75, 3.05) is 32.7 Å². The van der Waals surface area contributed by atoms with Crippen LogP contribution in [0, 0.1) is 0 Å². The highest BCUT2D eigenvalue weighted by atomic mass is 19.4. The Balaban J connectivity index is 1.95. The summed E-state index contributed by atoms with van der Waals surface area (Å²) in [5.41, 5.74) is -0.362. The Hall–Kier alpha value is -1.80. The molecule has 8 heteroatoms. The molecular weight excluding hydrogens is 345 g/mol. The van der Waals surface area contributed by atoms with Crippen LogP contribution in [0.3, 0.4) is 0 Å². The molecule has 0 aromatic heterocycles. The number of nitrogens with zero attached hydrogens (tertiary/aromatic N) is 2. The molecular formula is C18H27F3N4O. The van der Waals surface area contributed by atoms with Crippen LogP contribution in [-0.4, -0.2) is 60.9 Å². The van der Waals surface area contributed by atoms with Gasteiger partial charge in [0, 0.05) is 25.7 Å². The lowest BCUT2D eigenvalue weighted by atomic mass is 9.96. The number of hydrogen-bond donors (Lipinski definition) is 3. The molecule has 2 atom stereocenters. The number of rotatable bonds is 6. The first kappa shape index (κ1) is 20.5. The highest BCUT2D eigenvalue weighted by Gasteiger charge is 2.34. The molecule has 1 aliphatic rings. The second-order valence-corrected chi connectivity index (χ2v) is 6.82. The zero-order chi connectivity index (χ0) is 19.2. The van der Waals surface area contributed by atoms with E-state index < -0.39 is 18.3 Å². The predicted molar refractivity (Wildman–Crippen MR) is 96.0 cm³/mol. The van der Waals surface area contributed by atoms with Crippen LogP contribution in [0.5, 0.6) is 0 Å². The Morgan fingerprint density at radius 3 is 2.62 bits per heavy atom. The number of halogens is 3. The highest BCUT2D eigenvalue weighted by Crippen LogP contribution is 2.21. The van der Waals surface area contributed by atoms with Crippen molar-refractivity contribution >= 4 is 5.96 Å². The van der Waals surface area contributed by atoms with Gasteiger partial charge in [-0.05, 0) is 25.8 Å². The van der Waals surface area contributed by atoms with Gasteiger partial charge in [-0.25, -0.2) is 4.99 Å². The van der Waals surface area contributed by atoms with E-state index in [-0.39, 0.29) is 12.6 Å². The summed E-state index contributed by atoms with van der Waals surface area (Å²) in [7, 11) is 0. The molecule has 0 bridgehead atoms. The summed E-state index contributed by atoms with van der Waals surface area (Å²) in [5, 5.41) is 16.9. The number of hydrogen-bond acceptors (Lipinski definition) is 3. The van der Waals surface area contributed by atoms with E-state index in [2.05, 4.69) is 15.6 Å². The second-order valence-electron chi connectivity index (χ2n) is 6.82. The average Bonchev–Trinajstić information content (AvgIpc) is 2.99. The molecule has 2 rings (SSSR count). The van der Waals surface area contributed by atoms with Crippen molar-refractivity contribution in [3.63, 3.8) is 0 Å². The number of aliphatic imine (C=N–C) groups is 1. The maximum Gasteiger partial charge on any atom is 0.401 e. The van der Waals surface area contributed by atoms with E-state index in [1.807, 2.05) is 37.3 Å². The molecule has 0 radical (unpaired) electrons. The molecule has 146 valence electrons. The molecule has 3 N–H and O–H groups in total. The number of nitrogens with one attached hydrogen (secondary N) is 2. The van der Waals surface area contributed by atoms with Gasteiger partial charge in [0.05, 0.1) is 13.1 Å². The fraction of sp³-hybridized carbons (Fsp3) is 0.611. The van der Waals surface area contributed by atoms with Crippen molar-refractivity contribution in [1.29, 1.82) is 0 Å². The molecule has 1 heterocycles. The van der Waals surface area contributed by atoms with E-state index in [4.69, 9.17) is 0 Å². The molecule has 1 aromatic carbocycles. The molecule has 26 heavy (non-hydrogen) atoms. The number of guanidine groups is 1. The zero-order valence-corrected chi connectivity index (χ0v) is 15.2. The molecule has 0 amide bonds. The standard InChI is InChI=1S/C18H27F3N4O/c1-3-22-16(23-12-17(2,26)14-7-5-4-6-8-14)24-15-9-10-25(11-15)13-18(19,20)21/h4-8,15,26H,3,9-13H2,1-2H3,(H2,22,23,24). The quantitative estimate of drug-likeness (QED) is 0.529. The van der Waals surface area contributed by atoms with Crippen LogP contribution in [-0.2, 0) is 5.60 Å². The van der Waals surface area contributed by atoms with Gasteiger partial charge in [-0.3, -0.25) is 4.90 Å². The Labute approximate surface area is 152 Å². The first-order valence-electron chi connectivity index (χ1n) is 8.81. The largest absolute Gasteiger partial charge is 0.401 e. The van der Waals surface area contributed by atoms with Crippen LogP contribution in [0.4, 0.5) is 13.2 Å². The van der Waals surface area contributed by atoms with E-state index in [1.165, 1.54) is 4.90 Å². The Morgan fingerprint density at radius 1 is 1.31 bits per heavy atom. The summed E-state index contributed by atoms with van der Waals surface area (Å²) >= 11 is 0. The Morgan fingerprint density at radius 2 is 2.00 bits per heavy atom. The summed E-state index contributed by atoms with van der Waals surface area (Å²) < 4.78 is 37.5. The van der Waals surface area contributed by atoms with Crippen LogP contribution >= 0.6 is 0 Å². The lowest BCUT2D eigenvalue weighted by Crippen LogP contribution is -2.45. The first-order chi connectivity index (χ1) is 12.2. The van der Waals surface area contributed by atoms with Crippen LogP contribution in [0.1, 0.15) is 25.8 Å². The maximum atomic E-state index is 12.5. The summed E-state index contributed by atoms with van der Waals surface area (Å²) in [6, 6.07) is 9.15. The van der Waals surface area contributed by atoms with Crippen molar-refractivity contribution in [1.82, 2.24) is 15.5 Å². The average molecular weight is 372 g/mol. The van der Waals surface area contributed by atoms with E-state index >= 15 is 0 Å². The monoisotopic (exact) mass is 372 g/mol. The van der Waals surface area contributed by atoms with Gasteiger partial charge >= 0.3 is 6.18 Å². The minimum atomic E-state index is -4.18. The van der Waals surface area contributed by atoms with Gasteiger partial charge in [-0.2, -0.15) is 13.2 Å². The minimum Gasteiger partial charge on any atom is -0.384 e. The van der Waals surface area contributed by atoms with Gasteiger partial charge in [0.15, 0.2) is 5.96 Å². The maximum absolute atomic E-state index is 12.5. The lowest BCUT2D eigenvalue weighted by molar-refractivity contribution is -0.143. The van der Waals surface area contributed by atoms with Crippen LogP contribution in [0.15, 0.2) is 35.3 Å². The third-order valence-corrected chi connectivity index (χ3v) is 4.30. The summed E-state index contributed by atoms with van der Waals surface area (Å²) in [4.78, 5) is 5.82. The van der Waals surface area contributed by atoms with Gasteiger partial charge in [-0.15, -0.1) is 0 Å². The number of benzene rings is 1. The van der Waals surface area contributed by atoms with Gasteiger partial charge in [0.1, 0.15) is 5.60 Å². The molecule has 0 saturated carbocycles. The molecule has 1 aromatic rings. The normalized spacial score (nSPS) is 21.5. The fourth-order valence-electron chi connectivity index (χ4n) is 2.98. The lowest BCUT2D eigenvalue weighted by Gasteiger charge is -2.23. The SMILES string of the molecule is CCNC(=NCC(C)(O)c1ccccc1)NC1CCN(CC(F)(F)F)C1. The predicted octanol–water partition coefficient (Wildman–Crippen LogP) is 2.09. The smallest absolute Gasteiger partial charge is 0.384 e. The minimum absolute atomic E-state index is 0.100. The van der Waals surface area contributed by atoms with Crippen molar-refractivity contribution in [2.24, 2.45) is 4.99 Å². The van der Waals surface area contributed by atoms with Crippen LogP contribution in [0.2, 0.25) is 0 Å². The van der Waals surface area contributed by atoms with Crippen LogP contribution < -0.4 is 10.6 Å². The highest BCUT2D eigenvalue weighted by molar-refractivity contribution is 5.80. The van der Waals surface area contributed by atoms with Crippen molar-refractivity contribution in [3.05, 3.63) is 35.9 Å². The molecule has 0 aliphatic carbocycles. The van der Waals surface area contributed by atoms with Crippen LogP contribution in [0.25, 0.3) is 0 Å². The second kappa shape index (κ2) is 8.73. The van der Waals surface area contributed by atoms with Crippen molar-refractivity contribution in [2.45, 2.75) is 38.1 Å². The van der Waals surface area contributed by atoms with E-state index in [0.29, 0.717) is 32.0 Å². The van der Waals surface area contributed by atoms with Gasteiger partial charge in [0.2, 0.25) is 0 Å². The molecule has 1 aliphatic heterocycles.